The Kier molecular flexibility index (Phi) is 13.0. The van der Waals surface area contributed by atoms with Gasteiger partial charge in [0.05, 0.1) is 6.10 Å². The molecule has 2 unspecified atom stereocenters. The summed E-state index contributed by atoms with van der Waals surface area (Å²) >= 11 is 0. The zero-order valence-electron chi connectivity index (χ0n) is 12.5. The normalized spacial score (nSPS) is 12.0. The molecule has 0 aromatic rings. The number of hydrogen-bond acceptors (Lipinski definition) is 6. The zero-order valence-corrected chi connectivity index (χ0v) is 12.5. The van der Waals surface area contributed by atoms with Crippen LogP contribution in [0.4, 0.5) is 0 Å². The van der Waals surface area contributed by atoms with E-state index in [0.717, 1.165) is 12.2 Å². The minimum Gasteiger partial charge on any atom is -0.478 e. The van der Waals surface area contributed by atoms with Crippen LogP contribution in [0.5, 0.6) is 0 Å². The first-order chi connectivity index (χ1) is 9.76. The predicted molar refractivity (Wildman–Crippen MR) is 75.4 cm³/mol. The van der Waals surface area contributed by atoms with E-state index >= 15 is 0 Å². The molecule has 0 aliphatic heterocycles. The molecule has 120 valence electrons. The fourth-order valence-electron chi connectivity index (χ4n) is 1.02. The Bertz CT molecular complexity index is 362. The Morgan fingerprint density at radius 1 is 1.24 bits per heavy atom. The summed E-state index contributed by atoms with van der Waals surface area (Å²) in [7, 11) is 0. The van der Waals surface area contributed by atoms with E-state index in [1.54, 1.807) is 6.92 Å². The zero-order chi connectivity index (χ0) is 16.8. The van der Waals surface area contributed by atoms with Gasteiger partial charge in [-0.25, -0.2) is 9.59 Å². The third kappa shape index (κ3) is 15.8. The van der Waals surface area contributed by atoms with Crippen molar-refractivity contribution in [1.82, 2.24) is 0 Å². The molecule has 2 atom stereocenters. The monoisotopic (exact) mass is 302 g/mol. The summed E-state index contributed by atoms with van der Waals surface area (Å²) in [4.78, 5) is 30.7. The first-order valence-corrected chi connectivity index (χ1v) is 6.23. The van der Waals surface area contributed by atoms with Crippen molar-refractivity contribution in [2.45, 2.75) is 39.6 Å². The highest BCUT2D eigenvalue weighted by Crippen LogP contribution is 2.05. The second-order valence-electron chi connectivity index (χ2n) is 3.72. The summed E-state index contributed by atoms with van der Waals surface area (Å²) in [6, 6.07) is 0. The third-order valence-electron chi connectivity index (χ3n) is 1.92. The predicted octanol–water partition coefficient (Wildman–Crippen LogP) is 1.68. The molecule has 0 aromatic carbocycles. The molecule has 0 amide bonds. The molecule has 0 saturated carbocycles. The van der Waals surface area contributed by atoms with Gasteiger partial charge in [-0.3, -0.25) is 4.79 Å². The number of hydrogen-bond donors (Lipinski definition) is 1. The lowest BCUT2D eigenvalue weighted by atomic mass is 10.3. The maximum atomic E-state index is 10.8. The average Bonchev–Trinajstić information content (AvgIpc) is 2.42. The van der Waals surface area contributed by atoms with Gasteiger partial charge in [-0.05, 0) is 13.3 Å². The number of esters is 2. The molecule has 0 radical (unpaired) electrons. The Labute approximate surface area is 124 Å². The van der Waals surface area contributed by atoms with Gasteiger partial charge in [0.15, 0.2) is 0 Å². The van der Waals surface area contributed by atoms with Crippen molar-refractivity contribution in [3.8, 4) is 0 Å². The van der Waals surface area contributed by atoms with Gasteiger partial charge in [0.2, 0.25) is 6.29 Å². The van der Waals surface area contributed by atoms with Gasteiger partial charge in [-0.2, -0.15) is 0 Å². The number of carbonyl (C=O) groups is 3. The molecule has 0 aliphatic rings. The molecule has 0 aliphatic carbocycles. The van der Waals surface area contributed by atoms with Gasteiger partial charge < -0.3 is 19.3 Å². The summed E-state index contributed by atoms with van der Waals surface area (Å²) < 4.78 is 15.0. The van der Waals surface area contributed by atoms with Crippen molar-refractivity contribution in [1.29, 1.82) is 0 Å². The molecule has 0 fully saturated rings. The van der Waals surface area contributed by atoms with Crippen molar-refractivity contribution in [3.63, 3.8) is 0 Å². The van der Waals surface area contributed by atoms with Crippen LogP contribution in [0.15, 0.2) is 25.3 Å². The number of ether oxygens (including phenoxy) is 3. The van der Waals surface area contributed by atoms with E-state index in [4.69, 9.17) is 19.3 Å². The fourth-order valence-corrected chi connectivity index (χ4v) is 1.02. The number of aliphatic carboxylic acids is 1. The fraction of sp³-hybridized carbons (Fsp3) is 0.500. The summed E-state index contributed by atoms with van der Waals surface area (Å²) in [6.45, 7) is 11.2. The topological polar surface area (TPSA) is 99.1 Å². The van der Waals surface area contributed by atoms with E-state index in [1.165, 1.54) is 6.92 Å². The van der Waals surface area contributed by atoms with Crippen LogP contribution in [0.25, 0.3) is 0 Å². The highest BCUT2D eigenvalue weighted by Gasteiger charge is 2.14. The molecular formula is C14H22O7. The van der Waals surface area contributed by atoms with Crippen molar-refractivity contribution in [2.75, 3.05) is 6.61 Å². The number of carboxylic acid groups (broad SMARTS) is 1. The lowest BCUT2D eigenvalue weighted by Gasteiger charge is -2.20. The summed E-state index contributed by atoms with van der Waals surface area (Å²) in [5.41, 5.74) is 0. The van der Waals surface area contributed by atoms with E-state index in [2.05, 4.69) is 13.2 Å². The molecule has 7 heteroatoms. The van der Waals surface area contributed by atoms with Crippen LogP contribution in [0.2, 0.25) is 0 Å². The van der Waals surface area contributed by atoms with Crippen LogP contribution in [-0.4, -0.2) is 42.0 Å². The minimum absolute atomic E-state index is 0.118. The summed E-state index contributed by atoms with van der Waals surface area (Å²) in [5.74, 6) is -1.89. The molecule has 7 nitrogen and oxygen atoms in total. The second-order valence-corrected chi connectivity index (χ2v) is 3.72. The van der Waals surface area contributed by atoms with Crippen LogP contribution < -0.4 is 0 Å². The highest BCUT2D eigenvalue weighted by atomic mass is 16.7. The molecule has 0 aromatic heterocycles. The first kappa shape index (κ1) is 21.2. The maximum absolute atomic E-state index is 10.8. The molecule has 0 bridgehead atoms. The average molecular weight is 302 g/mol. The molecule has 21 heavy (non-hydrogen) atoms. The van der Waals surface area contributed by atoms with Crippen LogP contribution >= 0.6 is 0 Å². The van der Waals surface area contributed by atoms with E-state index in [0.29, 0.717) is 6.42 Å². The Morgan fingerprint density at radius 2 is 1.76 bits per heavy atom. The third-order valence-corrected chi connectivity index (χ3v) is 1.92. The SMILES string of the molecule is C=CC(=O)O.C=CC(=O)OCC(CC)OC(C)OC(C)=O. The van der Waals surface area contributed by atoms with E-state index in [9.17, 15) is 14.4 Å². The second kappa shape index (κ2) is 12.9. The quantitative estimate of drug-likeness (QED) is 0.413. The Morgan fingerprint density at radius 3 is 2.10 bits per heavy atom. The van der Waals surface area contributed by atoms with Crippen LogP contribution in [0.3, 0.4) is 0 Å². The standard InChI is InChI=1S/C11H18O5.C3H4O2/c1-5-10(7-14-11(13)6-2)16-9(4)15-8(3)12;1-2-3(4)5/h6,9-10H,2,5,7H2,1,3-4H3;2H,1H2,(H,4,5). The summed E-state index contributed by atoms with van der Waals surface area (Å²) in [5, 5.41) is 7.60. The number of carboxylic acids is 1. The van der Waals surface area contributed by atoms with Crippen LogP contribution in [-0.2, 0) is 28.6 Å². The van der Waals surface area contributed by atoms with E-state index in [-0.39, 0.29) is 12.7 Å². The van der Waals surface area contributed by atoms with Crippen molar-refractivity contribution < 1.29 is 33.7 Å². The molecule has 0 saturated heterocycles. The number of carbonyl (C=O) groups excluding carboxylic acids is 2. The molecule has 1 N–H and O–H groups in total. The first-order valence-electron chi connectivity index (χ1n) is 6.23. The molecular weight excluding hydrogens is 280 g/mol. The van der Waals surface area contributed by atoms with Crippen molar-refractivity contribution in [3.05, 3.63) is 25.3 Å². The minimum atomic E-state index is -0.981. The highest BCUT2D eigenvalue weighted by molar-refractivity contribution is 5.81. The van der Waals surface area contributed by atoms with E-state index in [1.807, 2.05) is 6.92 Å². The maximum Gasteiger partial charge on any atom is 0.330 e. The van der Waals surface area contributed by atoms with Gasteiger partial charge in [0.1, 0.15) is 6.61 Å². The van der Waals surface area contributed by atoms with Gasteiger partial charge >= 0.3 is 17.9 Å². The van der Waals surface area contributed by atoms with Gasteiger partial charge in [0.25, 0.3) is 0 Å². The van der Waals surface area contributed by atoms with E-state index < -0.39 is 24.2 Å². The van der Waals surface area contributed by atoms with Crippen molar-refractivity contribution >= 4 is 17.9 Å². The Hall–Kier alpha value is -2.15. The van der Waals surface area contributed by atoms with Gasteiger partial charge in [0, 0.05) is 19.1 Å². The Balaban J connectivity index is 0. The van der Waals surface area contributed by atoms with Crippen LogP contribution in [0.1, 0.15) is 27.2 Å². The lowest BCUT2D eigenvalue weighted by molar-refractivity contribution is -0.189. The molecule has 0 heterocycles. The van der Waals surface area contributed by atoms with Gasteiger partial charge in [-0.15, -0.1) is 0 Å². The molecule has 0 rings (SSSR count). The molecule has 0 spiro atoms. The largest absolute Gasteiger partial charge is 0.478 e. The lowest BCUT2D eigenvalue weighted by Crippen LogP contribution is -2.27. The van der Waals surface area contributed by atoms with Gasteiger partial charge in [-0.1, -0.05) is 20.1 Å². The summed E-state index contributed by atoms with van der Waals surface area (Å²) in [6.07, 6.45) is 1.63. The smallest absolute Gasteiger partial charge is 0.330 e. The number of rotatable bonds is 8. The van der Waals surface area contributed by atoms with Crippen LogP contribution in [0, 0.1) is 0 Å². The van der Waals surface area contributed by atoms with Crippen molar-refractivity contribution in [2.24, 2.45) is 0 Å².